The molecule has 0 saturated heterocycles. The molecule has 0 bridgehead atoms. The van der Waals surface area contributed by atoms with E-state index in [0.717, 1.165) is 55.0 Å². The van der Waals surface area contributed by atoms with Crippen LogP contribution in [0.5, 0.6) is 11.5 Å². The van der Waals surface area contributed by atoms with Gasteiger partial charge in [0.05, 0.1) is 11.1 Å². The molecule has 2 radical (unpaired) electrons. The molecule has 0 fully saturated rings. The van der Waals surface area contributed by atoms with Crippen LogP contribution >= 0.6 is 0 Å². The second-order valence-corrected chi connectivity index (χ2v) is 7.25. The number of allylic oxidation sites excluding steroid dienone is 4. The van der Waals surface area contributed by atoms with Crippen LogP contribution in [0.2, 0.25) is 0 Å². The van der Waals surface area contributed by atoms with Crippen molar-refractivity contribution in [3.05, 3.63) is 141 Å². The average molecular weight is 654 g/mol. The summed E-state index contributed by atoms with van der Waals surface area (Å²) in [5.41, 5.74) is -1.51. The third-order valence-electron chi connectivity index (χ3n) is 4.52. The molecular formula is C30H28F6O2SiZr-4. The predicted octanol–water partition coefficient (Wildman–Crippen LogP) is 9.20. The van der Waals surface area contributed by atoms with Crippen LogP contribution in [0, 0.1) is 20.9 Å². The summed E-state index contributed by atoms with van der Waals surface area (Å²) in [5.74, 6) is -0.337. The van der Waals surface area contributed by atoms with E-state index >= 15 is 0 Å². The summed E-state index contributed by atoms with van der Waals surface area (Å²) in [7, 11) is 0. The maximum atomic E-state index is 11.8. The quantitative estimate of drug-likeness (QED) is 0.113. The molecule has 1 aliphatic rings. The van der Waals surface area contributed by atoms with Crippen molar-refractivity contribution in [3.8, 4) is 11.5 Å². The molecule has 4 aromatic rings. The molecule has 214 valence electrons. The smallest absolute Gasteiger partial charge is 0.0809 e. The van der Waals surface area contributed by atoms with E-state index in [4.69, 9.17) is 10.2 Å². The fraction of sp³-hybridized carbons (Fsp3) is 0.100. The van der Waals surface area contributed by atoms with Crippen LogP contribution in [-0.2, 0) is 35.7 Å². The summed E-state index contributed by atoms with van der Waals surface area (Å²) >= 11 is 1.36. The molecule has 0 spiro atoms. The average Bonchev–Trinajstić information content (AvgIpc) is 3.61. The topological polar surface area (TPSA) is 40.5 Å². The van der Waals surface area contributed by atoms with Crippen molar-refractivity contribution >= 4 is 17.7 Å². The van der Waals surface area contributed by atoms with E-state index in [-0.39, 0.29) is 26.4 Å². The predicted molar refractivity (Wildman–Crippen MR) is 146 cm³/mol. The number of hydrogen-bond acceptors (Lipinski definition) is 2. The van der Waals surface area contributed by atoms with Crippen molar-refractivity contribution in [3.63, 3.8) is 0 Å². The van der Waals surface area contributed by atoms with Gasteiger partial charge in [0.1, 0.15) is 11.5 Å². The zero-order chi connectivity index (χ0) is 28.6. The number of phenols is 2. The van der Waals surface area contributed by atoms with E-state index in [2.05, 4.69) is 61.5 Å². The van der Waals surface area contributed by atoms with E-state index in [0.29, 0.717) is 0 Å². The molecule has 0 heterocycles. The van der Waals surface area contributed by atoms with Gasteiger partial charge in [-0.1, -0.05) is 6.07 Å². The first-order valence-electron chi connectivity index (χ1n) is 10.8. The second kappa shape index (κ2) is 20.0. The Morgan fingerprint density at radius 2 is 1.15 bits per heavy atom. The van der Waals surface area contributed by atoms with E-state index in [1.807, 2.05) is 12.2 Å². The van der Waals surface area contributed by atoms with Crippen molar-refractivity contribution in [2.75, 3.05) is 0 Å². The Morgan fingerprint density at radius 1 is 0.700 bits per heavy atom. The van der Waals surface area contributed by atoms with Gasteiger partial charge in [0, 0.05) is 0 Å². The maximum Gasteiger partial charge on any atom is -0.0809 e. The summed E-state index contributed by atoms with van der Waals surface area (Å²) in [4.78, 5) is 0. The van der Waals surface area contributed by atoms with Crippen LogP contribution in [0.3, 0.4) is 0 Å². The molecule has 40 heavy (non-hydrogen) atoms. The Hall–Kier alpha value is -2.97. The van der Waals surface area contributed by atoms with E-state index < -0.39 is 23.5 Å². The number of hydrogen-bond donors (Lipinski definition) is 2. The second-order valence-electron chi connectivity index (χ2n) is 7.25. The first-order chi connectivity index (χ1) is 18.0. The van der Waals surface area contributed by atoms with E-state index in [9.17, 15) is 26.3 Å². The van der Waals surface area contributed by atoms with E-state index in [1.165, 1.54) is 34.1 Å². The third-order valence-corrected chi connectivity index (χ3v) is 4.52. The normalized spacial score (nSPS) is 10.9. The number of benzene rings is 3. The van der Waals surface area contributed by atoms with Crippen LogP contribution in [0.15, 0.2) is 109 Å². The van der Waals surface area contributed by atoms with Gasteiger partial charge in [-0.05, 0) is 48.5 Å². The molecule has 10 heteroatoms. The summed E-state index contributed by atoms with van der Waals surface area (Å²) in [5, 5.41) is 20.0. The summed E-state index contributed by atoms with van der Waals surface area (Å²) in [6.45, 7) is 3.06. The molecular weight excluding hydrogens is 626 g/mol. The Morgan fingerprint density at radius 3 is 1.48 bits per heavy atom. The van der Waals surface area contributed by atoms with Gasteiger partial charge in [0.15, 0.2) is 0 Å². The van der Waals surface area contributed by atoms with Crippen LogP contribution in [0.4, 0.5) is 26.3 Å². The molecule has 0 atom stereocenters. The monoisotopic (exact) mass is 652 g/mol. The third kappa shape index (κ3) is 15.6. The molecule has 0 amide bonds. The minimum absolute atomic E-state index is 0. The van der Waals surface area contributed by atoms with Crippen molar-refractivity contribution < 1.29 is 59.9 Å². The number of alkyl halides is 6. The van der Waals surface area contributed by atoms with Gasteiger partial charge in [-0.15, -0.1) is 36.1 Å². The SMILES string of the molecule is Oc1ccc(C(F)(F)F)cc1.Oc1ccc(C(F)(F)F)cc1.[C-]1=CC=CC1.[CH3-].[CH3-].[Si]=[Zr].c1ccc2[cH-]ccc2c1. The van der Waals surface area contributed by atoms with Gasteiger partial charge in [0.25, 0.3) is 0 Å². The molecule has 4 aromatic carbocycles. The summed E-state index contributed by atoms with van der Waals surface area (Å²) < 4.78 is 71.0. The number of phenolic OH excluding ortho intramolecular Hbond substituents is 2. The minimum atomic E-state index is -4.33. The molecule has 5 rings (SSSR count). The minimum Gasteiger partial charge on any atom is -0.168 e. The maximum absolute atomic E-state index is 11.8. The van der Waals surface area contributed by atoms with Crippen LogP contribution in [0.25, 0.3) is 10.8 Å². The van der Waals surface area contributed by atoms with Crippen molar-refractivity contribution in [1.82, 2.24) is 0 Å². The largest absolute Gasteiger partial charge is 0.168 e. The van der Waals surface area contributed by atoms with Gasteiger partial charge >= 0.3 is 42.6 Å². The Bertz CT molecular complexity index is 1170. The van der Waals surface area contributed by atoms with Gasteiger partial charge in [-0.25, -0.2) is 12.2 Å². The van der Waals surface area contributed by atoms with Crippen LogP contribution < -0.4 is 0 Å². The number of fused-ring (bicyclic) bond motifs is 1. The molecule has 0 unspecified atom stereocenters. The Labute approximate surface area is 248 Å². The molecule has 1 aliphatic carbocycles. The molecule has 2 nitrogen and oxygen atoms in total. The first-order valence-corrected chi connectivity index (χ1v) is 14.9. The standard InChI is InChI=1S/C9H7.2C7H5F3O.C5H5.2CH3.Si.Zr/c1-2-5-9-7-3-6-8(9)4-1;2*8-7(9,10)5-1-3-6(11)4-2-5;1-2-4-5-3-1;;;;/h1-7H;2*1-4,11H;1-3H,4H2;2*1H3;;/q-1;;;3*-1;;. The van der Waals surface area contributed by atoms with Gasteiger partial charge in [0.2, 0.25) is 0 Å². The zero-order valence-electron chi connectivity index (χ0n) is 21.8. The van der Waals surface area contributed by atoms with E-state index in [1.54, 1.807) is 0 Å². The van der Waals surface area contributed by atoms with Crippen molar-refractivity contribution in [2.24, 2.45) is 0 Å². The van der Waals surface area contributed by atoms with Crippen molar-refractivity contribution in [1.29, 1.82) is 0 Å². The number of aromatic hydroxyl groups is 2. The number of rotatable bonds is 0. The molecule has 0 aromatic heterocycles. The van der Waals surface area contributed by atoms with Crippen molar-refractivity contribution in [2.45, 2.75) is 18.8 Å². The fourth-order valence-electron chi connectivity index (χ4n) is 2.71. The molecule has 0 saturated carbocycles. The van der Waals surface area contributed by atoms with Gasteiger partial charge < -0.3 is 25.1 Å². The summed E-state index contributed by atoms with van der Waals surface area (Å²) in [6.07, 6.45) is 1.35. The molecule has 0 aliphatic heterocycles. The summed E-state index contributed by atoms with van der Waals surface area (Å²) in [6, 6.07) is 22.0. The van der Waals surface area contributed by atoms with Crippen LogP contribution in [-0.4, -0.2) is 17.1 Å². The Balaban J connectivity index is 0. The molecule has 2 N–H and O–H groups in total. The zero-order valence-corrected chi connectivity index (χ0v) is 25.2. The van der Waals surface area contributed by atoms with Gasteiger partial charge in [-0.3, -0.25) is 6.08 Å². The first kappa shape index (κ1) is 39.2. The van der Waals surface area contributed by atoms with Gasteiger partial charge in [-0.2, -0.15) is 49.9 Å². The Kier molecular flexibility index (Phi) is 19.6. The number of halogens is 6. The van der Waals surface area contributed by atoms with Crippen LogP contribution in [0.1, 0.15) is 17.5 Å². The fourth-order valence-corrected chi connectivity index (χ4v) is 2.71.